The van der Waals surface area contributed by atoms with E-state index in [1.807, 2.05) is 62.4 Å². The van der Waals surface area contributed by atoms with E-state index in [1.165, 1.54) is 11.3 Å². The maximum Gasteiger partial charge on any atom is 0.275 e. The molecular formula is C19H19N3O2S. The molecule has 0 unspecified atom stereocenters. The van der Waals surface area contributed by atoms with E-state index in [-0.39, 0.29) is 5.91 Å². The molecule has 0 bridgehead atoms. The summed E-state index contributed by atoms with van der Waals surface area (Å²) in [6, 6.07) is 15.3. The Balaban J connectivity index is 1.65. The number of thiazole rings is 1. The largest absolute Gasteiger partial charge is 0.494 e. The molecule has 0 fully saturated rings. The lowest BCUT2D eigenvalue weighted by molar-refractivity contribution is 0.102. The standard InChI is InChI=1S/C19H19N3O2S/c1-3-24-15-10-8-14(9-11-15)20-19-22-17(12-25-19)18(23)21-16-7-5-4-6-13(16)2/h4-12H,3H2,1-2H3,(H,20,22)(H,21,23). The van der Waals surface area contributed by atoms with Crippen LogP contribution in [0.5, 0.6) is 5.75 Å². The van der Waals surface area contributed by atoms with E-state index in [2.05, 4.69) is 15.6 Å². The summed E-state index contributed by atoms with van der Waals surface area (Å²) < 4.78 is 5.42. The molecule has 0 aliphatic heterocycles. The molecule has 1 amide bonds. The van der Waals surface area contributed by atoms with Crippen molar-refractivity contribution in [3.63, 3.8) is 0 Å². The molecule has 25 heavy (non-hydrogen) atoms. The van der Waals surface area contributed by atoms with Crippen LogP contribution in [0.3, 0.4) is 0 Å². The van der Waals surface area contributed by atoms with E-state index in [4.69, 9.17) is 4.74 Å². The van der Waals surface area contributed by atoms with Gasteiger partial charge in [0, 0.05) is 16.8 Å². The second-order valence-electron chi connectivity index (χ2n) is 5.39. The minimum absolute atomic E-state index is 0.217. The van der Waals surface area contributed by atoms with E-state index in [9.17, 15) is 4.79 Å². The van der Waals surface area contributed by atoms with Crippen molar-refractivity contribution in [1.82, 2.24) is 4.98 Å². The van der Waals surface area contributed by atoms with Gasteiger partial charge >= 0.3 is 0 Å². The number of carbonyl (C=O) groups is 1. The van der Waals surface area contributed by atoms with Gasteiger partial charge < -0.3 is 15.4 Å². The molecule has 0 radical (unpaired) electrons. The van der Waals surface area contributed by atoms with Gasteiger partial charge in [0.2, 0.25) is 0 Å². The lowest BCUT2D eigenvalue weighted by Crippen LogP contribution is -2.13. The summed E-state index contributed by atoms with van der Waals surface area (Å²) in [5, 5.41) is 8.49. The lowest BCUT2D eigenvalue weighted by Gasteiger charge is -2.06. The van der Waals surface area contributed by atoms with E-state index < -0.39 is 0 Å². The molecule has 128 valence electrons. The molecule has 3 aromatic rings. The van der Waals surface area contributed by atoms with Crippen molar-refractivity contribution in [2.24, 2.45) is 0 Å². The first-order chi connectivity index (χ1) is 12.2. The van der Waals surface area contributed by atoms with E-state index >= 15 is 0 Å². The second kappa shape index (κ2) is 7.81. The molecule has 2 N–H and O–H groups in total. The Morgan fingerprint density at radius 3 is 2.64 bits per heavy atom. The number of nitrogens with one attached hydrogen (secondary N) is 2. The van der Waals surface area contributed by atoms with Crippen molar-refractivity contribution in [2.75, 3.05) is 17.2 Å². The van der Waals surface area contributed by atoms with Crippen LogP contribution in [0.25, 0.3) is 0 Å². The first-order valence-electron chi connectivity index (χ1n) is 7.98. The third-order valence-electron chi connectivity index (χ3n) is 3.55. The quantitative estimate of drug-likeness (QED) is 0.665. The number of hydrogen-bond donors (Lipinski definition) is 2. The number of ether oxygens (including phenoxy) is 1. The van der Waals surface area contributed by atoms with Gasteiger partial charge in [-0.3, -0.25) is 4.79 Å². The lowest BCUT2D eigenvalue weighted by atomic mass is 10.2. The summed E-state index contributed by atoms with van der Waals surface area (Å²) in [4.78, 5) is 16.7. The number of amides is 1. The summed E-state index contributed by atoms with van der Waals surface area (Å²) in [7, 11) is 0. The fourth-order valence-electron chi connectivity index (χ4n) is 2.26. The van der Waals surface area contributed by atoms with Crippen LogP contribution in [0.2, 0.25) is 0 Å². The molecule has 2 aromatic carbocycles. The van der Waals surface area contributed by atoms with Gasteiger partial charge in [0.15, 0.2) is 5.13 Å². The Morgan fingerprint density at radius 1 is 1.16 bits per heavy atom. The van der Waals surface area contributed by atoms with Crippen LogP contribution in [0.1, 0.15) is 23.0 Å². The number of aromatic nitrogens is 1. The van der Waals surface area contributed by atoms with Crippen LogP contribution in [0.4, 0.5) is 16.5 Å². The smallest absolute Gasteiger partial charge is 0.275 e. The highest BCUT2D eigenvalue weighted by molar-refractivity contribution is 7.14. The highest BCUT2D eigenvalue weighted by atomic mass is 32.1. The molecule has 0 saturated heterocycles. The summed E-state index contributed by atoms with van der Waals surface area (Å²) in [6.45, 7) is 4.54. The highest BCUT2D eigenvalue weighted by Crippen LogP contribution is 2.23. The number of rotatable bonds is 6. The maximum atomic E-state index is 12.3. The molecule has 0 saturated carbocycles. The van der Waals surface area contributed by atoms with Crippen LogP contribution in [0.15, 0.2) is 53.9 Å². The van der Waals surface area contributed by atoms with Crippen LogP contribution in [-0.4, -0.2) is 17.5 Å². The van der Waals surface area contributed by atoms with Gasteiger partial charge in [0.25, 0.3) is 5.91 Å². The number of benzene rings is 2. The molecular weight excluding hydrogens is 334 g/mol. The predicted molar refractivity (Wildman–Crippen MR) is 102 cm³/mol. The number of carbonyl (C=O) groups excluding carboxylic acids is 1. The zero-order chi connectivity index (χ0) is 17.6. The minimum Gasteiger partial charge on any atom is -0.494 e. The second-order valence-corrected chi connectivity index (χ2v) is 6.25. The minimum atomic E-state index is -0.217. The summed E-state index contributed by atoms with van der Waals surface area (Å²) >= 11 is 1.39. The first kappa shape index (κ1) is 17.0. The third-order valence-corrected chi connectivity index (χ3v) is 4.30. The van der Waals surface area contributed by atoms with Gasteiger partial charge in [-0.1, -0.05) is 18.2 Å². The SMILES string of the molecule is CCOc1ccc(Nc2nc(C(=O)Nc3ccccc3C)cs2)cc1. The number of hydrogen-bond acceptors (Lipinski definition) is 5. The molecule has 0 spiro atoms. The van der Waals surface area contributed by atoms with Crippen molar-refractivity contribution in [3.05, 3.63) is 65.2 Å². The van der Waals surface area contributed by atoms with E-state index in [1.54, 1.807) is 5.38 Å². The van der Waals surface area contributed by atoms with Crippen LogP contribution < -0.4 is 15.4 Å². The van der Waals surface area contributed by atoms with Crippen molar-refractivity contribution in [1.29, 1.82) is 0 Å². The monoisotopic (exact) mass is 353 g/mol. The normalized spacial score (nSPS) is 10.3. The fourth-order valence-corrected chi connectivity index (χ4v) is 2.97. The van der Waals surface area contributed by atoms with Crippen molar-refractivity contribution in [3.8, 4) is 5.75 Å². The molecule has 0 aliphatic rings. The van der Waals surface area contributed by atoms with Crippen molar-refractivity contribution < 1.29 is 9.53 Å². The number of aryl methyl sites for hydroxylation is 1. The van der Waals surface area contributed by atoms with Gasteiger partial charge in [-0.05, 0) is 49.7 Å². The maximum absolute atomic E-state index is 12.3. The zero-order valence-electron chi connectivity index (χ0n) is 14.1. The van der Waals surface area contributed by atoms with Crippen LogP contribution in [-0.2, 0) is 0 Å². The Hall–Kier alpha value is -2.86. The number of para-hydroxylation sites is 1. The van der Waals surface area contributed by atoms with Gasteiger partial charge in [-0.15, -0.1) is 11.3 Å². The predicted octanol–water partition coefficient (Wildman–Crippen LogP) is 4.85. The van der Waals surface area contributed by atoms with Crippen molar-refractivity contribution in [2.45, 2.75) is 13.8 Å². The average Bonchev–Trinajstić information content (AvgIpc) is 3.08. The van der Waals surface area contributed by atoms with E-state index in [0.29, 0.717) is 17.4 Å². The van der Waals surface area contributed by atoms with Crippen LogP contribution in [0, 0.1) is 6.92 Å². The number of anilines is 3. The molecule has 3 rings (SSSR count). The summed E-state index contributed by atoms with van der Waals surface area (Å²) in [6.07, 6.45) is 0. The molecule has 1 aromatic heterocycles. The molecule has 5 nitrogen and oxygen atoms in total. The van der Waals surface area contributed by atoms with Crippen LogP contribution >= 0.6 is 11.3 Å². The summed E-state index contributed by atoms with van der Waals surface area (Å²) in [5.74, 6) is 0.607. The number of nitrogens with zero attached hydrogens (tertiary/aromatic N) is 1. The molecule has 0 atom stereocenters. The fraction of sp³-hybridized carbons (Fsp3) is 0.158. The van der Waals surface area contributed by atoms with Crippen molar-refractivity contribution >= 4 is 33.8 Å². The van der Waals surface area contributed by atoms with Gasteiger partial charge in [-0.2, -0.15) is 0 Å². The van der Waals surface area contributed by atoms with Gasteiger partial charge in [0.05, 0.1) is 6.61 Å². The van der Waals surface area contributed by atoms with E-state index in [0.717, 1.165) is 22.7 Å². The Bertz CT molecular complexity index is 859. The summed E-state index contributed by atoms with van der Waals surface area (Å²) in [5.41, 5.74) is 3.09. The van der Waals surface area contributed by atoms with Gasteiger partial charge in [-0.25, -0.2) is 4.98 Å². The van der Waals surface area contributed by atoms with Gasteiger partial charge in [0.1, 0.15) is 11.4 Å². The topological polar surface area (TPSA) is 63.2 Å². The highest BCUT2D eigenvalue weighted by Gasteiger charge is 2.12. The Morgan fingerprint density at radius 2 is 1.92 bits per heavy atom. The first-order valence-corrected chi connectivity index (χ1v) is 8.86. The third kappa shape index (κ3) is 4.36. The molecule has 0 aliphatic carbocycles. The Labute approximate surface area is 150 Å². The average molecular weight is 353 g/mol. The Kier molecular flexibility index (Phi) is 5.30. The zero-order valence-corrected chi connectivity index (χ0v) is 14.9. The molecule has 6 heteroatoms. The molecule has 1 heterocycles.